The van der Waals surface area contributed by atoms with Crippen molar-refractivity contribution in [3.63, 3.8) is 0 Å². The molecule has 0 radical (unpaired) electrons. The number of amides is 8. The molecule has 0 bridgehead atoms. The molecule has 86 heavy (non-hydrogen) atoms. The van der Waals surface area contributed by atoms with Crippen LogP contribution >= 0.6 is 0 Å². The van der Waals surface area contributed by atoms with Gasteiger partial charge in [-0.05, 0) is 150 Å². The Balaban J connectivity index is 0.906. The first-order valence-corrected chi connectivity index (χ1v) is 30.7. The summed E-state index contributed by atoms with van der Waals surface area (Å²) in [5.74, 6) is -3.06. The van der Waals surface area contributed by atoms with E-state index < -0.39 is 48.3 Å². The van der Waals surface area contributed by atoms with Gasteiger partial charge in [0.05, 0.1) is 25.2 Å². The Hall–Kier alpha value is -7.52. The van der Waals surface area contributed by atoms with Crippen molar-refractivity contribution in [1.82, 2.24) is 51.5 Å². The minimum absolute atomic E-state index is 0.0855. The first kappa shape index (κ1) is 64.5. The van der Waals surface area contributed by atoms with Gasteiger partial charge < -0.3 is 61.0 Å². The normalized spacial score (nSPS) is 20.4. The Morgan fingerprint density at radius 2 is 0.849 bits per heavy atom. The monoisotopic (exact) mass is 1180 g/mol. The summed E-state index contributed by atoms with van der Waals surface area (Å²) in [7, 11) is 3.39. The molecule has 0 aliphatic carbocycles. The van der Waals surface area contributed by atoms with Crippen molar-refractivity contribution in [2.75, 3.05) is 79.8 Å². The predicted octanol–water partition coefficient (Wildman–Crippen LogP) is 4.38. The van der Waals surface area contributed by atoms with Crippen molar-refractivity contribution in [1.29, 1.82) is 0 Å². The molecule has 8 rings (SSSR count). The highest BCUT2D eigenvalue weighted by Crippen LogP contribution is 2.33. The van der Waals surface area contributed by atoms with Crippen LogP contribution in [-0.4, -0.2) is 183 Å². The van der Waals surface area contributed by atoms with Gasteiger partial charge >= 0.3 is 0 Å². The lowest BCUT2D eigenvalue weighted by Crippen LogP contribution is -2.61. The summed E-state index contributed by atoms with van der Waals surface area (Å²) in [6.07, 6.45) is 3.60. The largest absolute Gasteiger partial charge is 0.381 e. The molecular weight excluding hydrogens is 1090 g/mol. The summed E-state index contributed by atoms with van der Waals surface area (Å²) < 4.78 is 11.3. The Labute approximate surface area is 506 Å². The number of likely N-dealkylation sites (tertiary alicyclic amines) is 2. The van der Waals surface area contributed by atoms with Crippen molar-refractivity contribution >= 4 is 47.3 Å². The maximum absolute atomic E-state index is 14.7. The zero-order chi connectivity index (χ0) is 61.3. The number of likely N-dealkylation sites (N-methyl/N-ethyl adjacent to an activating group) is 2. The number of carbonyl (C=O) groups excluding carboxylic acids is 8. The van der Waals surface area contributed by atoms with E-state index in [1.165, 1.54) is 0 Å². The van der Waals surface area contributed by atoms with Crippen LogP contribution < -0.4 is 31.9 Å². The summed E-state index contributed by atoms with van der Waals surface area (Å²) in [6.45, 7) is 10.3. The van der Waals surface area contributed by atoms with E-state index in [2.05, 4.69) is 31.9 Å². The quantitative estimate of drug-likeness (QED) is 0.0542. The van der Waals surface area contributed by atoms with Crippen LogP contribution in [0.3, 0.4) is 0 Å². The predicted molar refractivity (Wildman–Crippen MR) is 327 cm³/mol. The van der Waals surface area contributed by atoms with Gasteiger partial charge in [0.25, 0.3) is 11.8 Å². The molecule has 4 heterocycles. The first-order chi connectivity index (χ1) is 41.6. The van der Waals surface area contributed by atoms with Gasteiger partial charge in [-0.1, -0.05) is 98.8 Å². The first-order valence-electron chi connectivity index (χ1n) is 30.7. The smallest absolute Gasteiger partial charge is 0.251 e. The highest BCUT2D eigenvalue weighted by Gasteiger charge is 2.47. The van der Waals surface area contributed by atoms with E-state index in [-0.39, 0.29) is 72.2 Å². The lowest BCUT2D eigenvalue weighted by Gasteiger charge is -2.40. The minimum Gasteiger partial charge on any atom is -0.381 e. The van der Waals surface area contributed by atoms with E-state index in [0.29, 0.717) is 115 Å². The summed E-state index contributed by atoms with van der Waals surface area (Å²) in [5.41, 5.74) is 4.25. The Morgan fingerprint density at radius 1 is 0.500 bits per heavy atom. The molecule has 0 spiro atoms. The molecule has 0 saturated carbocycles. The third-order valence-electron chi connectivity index (χ3n) is 17.8. The lowest BCUT2D eigenvalue weighted by atomic mass is 9.90. The van der Waals surface area contributed by atoms with Crippen molar-refractivity contribution in [3.05, 3.63) is 131 Å². The zero-order valence-electron chi connectivity index (χ0n) is 50.8. The number of benzene rings is 4. The van der Waals surface area contributed by atoms with Crippen molar-refractivity contribution in [3.8, 4) is 11.1 Å². The molecule has 4 aliphatic rings. The van der Waals surface area contributed by atoms with Gasteiger partial charge in [0.15, 0.2) is 0 Å². The maximum atomic E-state index is 14.7. The van der Waals surface area contributed by atoms with Crippen LogP contribution in [0.5, 0.6) is 0 Å². The van der Waals surface area contributed by atoms with E-state index in [1.807, 2.05) is 74.5 Å². The topological polar surface area (TPSA) is 240 Å². The van der Waals surface area contributed by atoms with Crippen LogP contribution in [-0.2, 0) is 51.1 Å². The molecule has 8 atom stereocenters. The maximum Gasteiger partial charge on any atom is 0.251 e. The number of rotatable bonds is 25. The second kappa shape index (κ2) is 31.2. The van der Waals surface area contributed by atoms with Crippen molar-refractivity contribution < 1.29 is 47.8 Å². The number of nitrogens with zero attached hydrogens (tertiary/aromatic N) is 4. The van der Waals surface area contributed by atoms with Gasteiger partial charge in [0.1, 0.15) is 24.4 Å². The average molecular weight is 1180 g/mol. The Bertz CT molecular complexity index is 2730. The van der Waals surface area contributed by atoms with Crippen molar-refractivity contribution in [2.24, 2.45) is 23.7 Å². The summed E-state index contributed by atoms with van der Waals surface area (Å²) in [6, 6.07) is 30.8. The van der Waals surface area contributed by atoms with Gasteiger partial charge in [-0.2, -0.15) is 0 Å². The fraction of sp³-hybridized carbons (Fsp3) is 0.515. The molecular formula is C66H88N10O10. The molecule has 8 amide bonds. The van der Waals surface area contributed by atoms with E-state index in [0.717, 1.165) is 22.3 Å². The molecule has 2 unspecified atom stereocenters. The summed E-state index contributed by atoms with van der Waals surface area (Å²) in [4.78, 5) is 119. The molecule has 4 fully saturated rings. The standard InChI is InChI=1S/C66H88N10O10/c1-43-25-33-75(65(83)57(51-29-37-85-38-30-51)71-59(79)45(3)67-5)63(43)73(35-27-47-13-9-7-10-14-47)55(77)41-69-61(81)53-21-17-49(18-22-53)50-19-23-54(24-20-50)62(82)70-42-56(78)74(36-28-48-15-11-8-12-16-48)64-44(2)26-34-76(64)66(84)58(52-31-39-86-40-32-52)72-60(80)46(4)68-6/h7-24,43-46,51-52,57-58,63-64,67-68H,25-42H2,1-6H3,(H,69,81)(H,70,82)(H,71,79)(H,72,80)/t43-,44-,45-,46-,57-,58-,63?,64?/m0/s1. The molecule has 4 aromatic rings. The van der Waals surface area contributed by atoms with E-state index in [9.17, 15) is 38.4 Å². The molecule has 0 aromatic heterocycles. The van der Waals surface area contributed by atoms with Crippen LogP contribution in [0.25, 0.3) is 11.1 Å². The summed E-state index contributed by atoms with van der Waals surface area (Å²) in [5, 5.41) is 17.7. The van der Waals surface area contributed by atoms with Crippen LogP contribution in [0.1, 0.15) is 98.1 Å². The van der Waals surface area contributed by atoms with Gasteiger partial charge in [0, 0.05) is 63.7 Å². The molecule has 20 heteroatoms. The summed E-state index contributed by atoms with van der Waals surface area (Å²) >= 11 is 0. The van der Waals surface area contributed by atoms with Gasteiger partial charge in [-0.15, -0.1) is 0 Å². The number of ether oxygens (including phenoxy) is 2. The molecule has 4 saturated heterocycles. The minimum atomic E-state index is -0.797. The van der Waals surface area contributed by atoms with Crippen molar-refractivity contribution in [2.45, 2.75) is 116 Å². The second-order valence-corrected chi connectivity index (χ2v) is 23.5. The zero-order valence-corrected chi connectivity index (χ0v) is 50.8. The number of hydrogen-bond donors (Lipinski definition) is 6. The lowest BCUT2D eigenvalue weighted by molar-refractivity contribution is -0.149. The van der Waals surface area contributed by atoms with Gasteiger partial charge in [-0.25, -0.2) is 0 Å². The van der Waals surface area contributed by atoms with E-state index >= 15 is 0 Å². The molecule has 6 N–H and O–H groups in total. The van der Waals surface area contributed by atoms with Crippen LogP contribution in [0.2, 0.25) is 0 Å². The highest BCUT2D eigenvalue weighted by molar-refractivity contribution is 5.98. The molecule has 462 valence electrons. The highest BCUT2D eigenvalue weighted by atomic mass is 16.5. The number of carbonyl (C=O) groups is 8. The fourth-order valence-electron chi connectivity index (χ4n) is 12.3. The van der Waals surface area contributed by atoms with E-state index in [4.69, 9.17) is 9.47 Å². The van der Waals surface area contributed by atoms with Gasteiger partial charge in [-0.3, -0.25) is 38.4 Å². The van der Waals surface area contributed by atoms with Crippen LogP contribution in [0.4, 0.5) is 0 Å². The SMILES string of the molecule is CN[C@@H](C)C(=O)N[C@H](C(=O)N1CC[C@H](C)C1N(CCc1ccccc1)C(=O)CNC(=O)c1ccc(-c2ccc(C(=O)NCC(=O)N(CCc3ccccc3)C3[C@@H](C)CCN3C(=O)[C@@H](NC(=O)[C@H](C)NC)C3CCOCC3)cc2)cc1)C1CCOCC1. The fourth-order valence-corrected chi connectivity index (χ4v) is 12.3. The second-order valence-electron chi connectivity index (χ2n) is 23.5. The third kappa shape index (κ3) is 16.5. The Morgan fingerprint density at radius 3 is 1.19 bits per heavy atom. The number of hydrogen-bond acceptors (Lipinski definition) is 12. The molecule has 20 nitrogen and oxygen atoms in total. The number of nitrogens with one attached hydrogen (secondary N) is 6. The third-order valence-corrected chi connectivity index (χ3v) is 17.8. The molecule has 4 aliphatic heterocycles. The van der Waals surface area contributed by atoms with E-state index in [1.54, 1.807) is 96.1 Å². The van der Waals surface area contributed by atoms with Crippen LogP contribution in [0.15, 0.2) is 109 Å². The van der Waals surface area contributed by atoms with Gasteiger partial charge in [0.2, 0.25) is 35.4 Å². The average Bonchev–Trinajstić information content (AvgIpc) is 2.05. The Kier molecular flexibility index (Phi) is 23.4. The van der Waals surface area contributed by atoms with Crippen LogP contribution in [0, 0.1) is 23.7 Å². The molecule has 4 aromatic carbocycles.